The van der Waals surface area contributed by atoms with E-state index in [9.17, 15) is 19.2 Å². The topological polar surface area (TPSA) is 118 Å². The Kier molecular flexibility index (Phi) is 9.69. The van der Waals surface area contributed by atoms with Crippen LogP contribution in [0.1, 0.15) is 41.5 Å². The number of likely N-dealkylation sites (N-methyl/N-ethyl adjacent to an activating group) is 2. The van der Waals surface area contributed by atoms with Crippen molar-refractivity contribution >= 4 is 35.7 Å². The molecule has 0 spiro atoms. The maximum absolute atomic E-state index is 15.3. The highest BCUT2D eigenvalue weighted by Gasteiger charge is 2.36. The lowest BCUT2D eigenvalue weighted by atomic mass is 10.0. The molecule has 0 bridgehead atoms. The molecule has 250 valence electrons. The quantitative estimate of drug-likeness (QED) is 0.336. The Labute approximate surface area is 266 Å². The summed E-state index contributed by atoms with van der Waals surface area (Å²) in [6.45, 7) is 10.7. The normalized spacial score (nSPS) is 18.3. The van der Waals surface area contributed by atoms with Gasteiger partial charge >= 0.3 is 24.4 Å². The molecule has 2 heterocycles. The van der Waals surface area contributed by atoms with E-state index in [1.165, 1.54) is 58.0 Å². The van der Waals surface area contributed by atoms with Crippen molar-refractivity contribution in [2.75, 3.05) is 50.1 Å². The van der Waals surface area contributed by atoms with Gasteiger partial charge in [-0.15, -0.1) is 0 Å². The Morgan fingerprint density at radius 2 is 1.09 bits per heavy atom. The van der Waals surface area contributed by atoms with E-state index in [2.05, 4.69) is 0 Å². The van der Waals surface area contributed by atoms with Crippen LogP contribution in [0.25, 0.3) is 11.1 Å². The summed E-state index contributed by atoms with van der Waals surface area (Å²) < 4.78 is 52.0. The summed E-state index contributed by atoms with van der Waals surface area (Å²) in [5.41, 5.74) is -1.08. The smallest absolute Gasteiger partial charge is 0.414 e. The summed E-state index contributed by atoms with van der Waals surface area (Å²) in [7, 11) is 3.05. The number of hydrogen-bond acceptors (Lipinski definition) is 8. The number of ether oxygens (including phenoxy) is 4. The Morgan fingerprint density at radius 3 is 1.39 bits per heavy atom. The van der Waals surface area contributed by atoms with Crippen LogP contribution in [0.2, 0.25) is 0 Å². The second-order valence-electron chi connectivity index (χ2n) is 13.3. The van der Waals surface area contributed by atoms with Gasteiger partial charge in [-0.05, 0) is 77.9 Å². The average molecular weight is 647 g/mol. The Morgan fingerprint density at radius 1 is 0.739 bits per heavy atom. The molecule has 2 aromatic rings. The van der Waals surface area contributed by atoms with E-state index in [0.717, 1.165) is 12.1 Å². The molecule has 0 saturated carbocycles. The van der Waals surface area contributed by atoms with Crippen LogP contribution in [0.4, 0.5) is 39.3 Å². The molecule has 14 heteroatoms. The number of benzene rings is 2. The largest absolute Gasteiger partial charge is 0.444 e. The summed E-state index contributed by atoms with van der Waals surface area (Å²) in [4.78, 5) is 54.7. The van der Waals surface area contributed by atoms with Gasteiger partial charge in [0.1, 0.15) is 35.0 Å². The first-order valence-electron chi connectivity index (χ1n) is 14.8. The highest BCUT2D eigenvalue weighted by Crippen LogP contribution is 2.33. The molecule has 2 fully saturated rings. The first kappa shape index (κ1) is 34.3. The van der Waals surface area contributed by atoms with Crippen LogP contribution in [0.15, 0.2) is 36.4 Å². The first-order valence-corrected chi connectivity index (χ1v) is 14.8. The van der Waals surface area contributed by atoms with Gasteiger partial charge in [0.15, 0.2) is 0 Å². The summed E-state index contributed by atoms with van der Waals surface area (Å²) in [5, 5.41) is 0. The van der Waals surface area contributed by atoms with E-state index in [-0.39, 0.29) is 48.7 Å². The van der Waals surface area contributed by atoms with Crippen molar-refractivity contribution in [1.82, 2.24) is 9.80 Å². The van der Waals surface area contributed by atoms with Crippen molar-refractivity contribution in [3.8, 4) is 11.1 Å². The van der Waals surface area contributed by atoms with Gasteiger partial charge in [-0.1, -0.05) is 0 Å². The highest BCUT2D eigenvalue weighted by molar-refractivity contribution is 5.91. The zero-order valence-corrected chi connectivity index (χ0v) is 27.3. The molecule has 2 aromatic carbocycles. The number of halogens is 2. The highest BCUT2D eigenvalue weighted by atomic mass is 19.1. The van der Waals surface area contributed by atoms with Crippen LogP contribution in [0.3, 0.4) is 0 Å². The molecule has 0 unspecified atom stereocenters. The number of carbonyl (C=O) groups is 4. The minimum Gasteiger partial charge on any atom is -0.444 e. The van der Waals surface area contributed by atoms with E-state index >= 15 is 8.78 Å². The second kappa shape index (κ2) is 13.0. The molecule has 4 rings (SSSR count). The molecule has 0 radical (unpaired) electrons. The van der Waals surface area contributed by atoms with Gasteiger partial charge in [-0.25, -0.2) is 28.0 Å². The second-order valence-corrected chi connectivity index (χ2v) is 13.3. The first-order chi connectivity index (χ1) is 21.3. The molecule has 46 heavy (non-hydrogen) atoms. The monoisotopic (exact) mass is 646 g/mol. The molecule has 0 N–H and O–H groups in total. The lowest BCUT2D eigenvalue weighted by Crippen LogP contribution is -2.39. The third-order valence-corrected chi connectivity index (χ3v) is 6.93. The Hall–Kier alpha value is -4.62. The molecule has 2 atom stereocenters. The third kappa shape index (κ3) is 8.34. The van der Waals surface area contributed by atoms with Gasteiger partial charge in [0.05, 0.1) is 37.6 Å². The van der Waals surface area contributed by atoms with E-state index in [0.29, 0.717) is 0 Å². The van der Waals surface area contributed by atoms with Gasteiger partial charge in [0, 0.05) is 25.2 Å². The molecular weight excluding hydrogens is 606 g/mol. The van der Waals surface area contributed by atoms with Crippen molar-refractivity contribution in [2.45, 2.75) is 65.0 Å². The molecule has 2 saturated heterocycles. The predicted octanol–water partition coefficient (Wildman–Crippen LogP) is 6.02. The summed E-state index contributed by atoms with van der Waals surface area (Å²) >= 11 is 0. The van der Waals surface area contributed by atoms with E-state index < -0.39 is 59.4 Å². The Bertz CT molecular complexity index is 1390. The van der Waals surface area contributed by atoms with Crippen LogP contribution >= 0.6 is 0 Å². The van der Waals surface area contributed by atoms with Gasteiger partial charge in [-0.2, -0.15) is 0 Å². The number of nitrogens with zero attached hydrogens (tertiary/aromatic N) is 4. The number of hydrogen-bond donors (Lipinski definition) is 0. The van der Waals surface area contributed by atoms with Gasteiger partial charge in [0.2, 0.25) is 0 Å². The maximum atomic E-state index is 15.3. The van der Waals surface area contributed by atoms with E-state index in [1.54, 1.807) is 41.5 Å². The van der Waals surface area contributed by atoms with Crippen molar-refractivity contribution in [3.05, 3.63) is 48.0 Å². The van der Waals surface area contributed by atoms with Gasteiger partial charge in [0.25, 0.3) is 0 Å². The third-order valence-electron chi connectivity index (χ3n) is 6.93. The van der Waals surface area contributed by atoms with Crippen LogP contribution in [-0.2, 0) is 18.9 Å². The van der Waals surface area contributed by atoms with E-state index in [1.807, 2.05) is 0 Å². The number of rotatable bonds is 7. The Balaban J connectivity index is 1.40. The zero-order chi connectivity index (χ0) is 34.1. The minimum absolute atomic E-state index is 0.0533. The van der Waals surface area contributed by atoms with Crippen molar-refractivity contribution in [1.29, 1.82) is 0 Å². The lowest BCUT2D eigenvalue weighted by molar-refractivity contribution is 0.0217. The van der Waals surface area contributed by atoms with Gasteiger partial charge in [-0.3, -0.25) is 9.80 Å². The molecule has 2 aliphatic heterocycles. The standard InChI is InChI=1S/C32H40F2N4O8/c1-31(2,3)45-27(39)35(7)15-21-17-37(29(41)43-21)19-9-11-23(25(33)13-19)24-12-10-20(14-26(24)34)38-18-22(44-30(38)42)16-36(8)28(40)46-32(4,5)6/h9-14,21-22H,15-18H2,1-8H3/t21-,22-/m0/s1. The van der Waals surface area contributed by atoms with Crippen molar-refractivity contribution < 1.29 is 46.9 Å². The van der Waals surface area contributed by atoms with Crippen LogP contribution in [0, 0.1) is 11.6 Å². The molecule has 2 aliphatic rings. The lowest BCUT2D eigenvalue weighted by Gasteiger charge is -2.25. The fraction of sp³-hybridized carbons (Fsp3) is 0.500. The molecular formula is C32H40F2N4O8. The zero-order valence-electron chi connectivity index (χ0n) is 27.3. The number of anilines is 2. The fourth-order valence-electron chi connectivity index (χ4n) is 4.88. The van der Waals surface area contributed by atoms with Crippen LogP contribution in [-0.4, -0.2) is 97.9 Å². The number of carbonyl (C=O) groups excluding carboxylic acids is 4. The molecule has 4 amide bonds. The summed E-state index contributed by atoms with van der Waals surface area (Å²) in [5.74, 6) is -1.56. The van der Waals surface area contributed by atoms with Crippen molar-refractivity contribution in [3.63, 3.8) is 0 Å². The van der Waals surface area contributed by atoms with Crippen LogP contribution in [0.5, 0.6) is 0 Å². The minimum atomic E-state index is -0.780. The number of amides is 4. The predicted molar refractivity (Wildman–Crippen MR) is 165 cm³/mol. The molecule has 12 nitrogen and oxygen atoms in total. The summed E-state index contributed by atoms with van der Waals surface area (Å²) in [6, 6.07) is 7.85. The van der Waals surface area contributed by atoms with E-state index in [4.69, 9.17) is 18.9 Å². The van der Waals surface area contributed by atoms with Gasteiger partial charge < -0.3 is 28.7 Å². The average Bonchev–Trinajstić information content (AvgIpc) is 3.47. The van der Waals surface area contributed by atoms with Crippen LogP contribution < -0.4 is 9.80 Å². The molecule has 0 aromatic heterocycles. The maximum Gasteiger partial charge on any atom is 0.414 e. The SMILES string of the molecule is CN(C[C@H]1CN(c2ccc(-c3ccc(N4C[C@H](CN(C)C(=O)OC(C)(C)C)OC4=O)cc3F)c(F)c2)C(=O)O1)C(=O)OC(C)(C)C. The summed E-state index contributed by atoms with van der Waals surface area (Å²) in [6.07, 6.45) is -3.91. The van der Waals surface area contributed by atoms with Crippen molar-refractivity contribution in [2.24, 2.45) is 0 Å². The molecule has 0 aliphatic carbocycles. The fourth-order valence-corrected chi connectivity index (χ4v) is 4.88. The number of cyclic esters (lactones) is 2.